The predicted octanol–water partition coefficient (Wildman–Crippen LogP) is 2.87. The largest absolute Gasteiger partial charge is 0.497 e. The Hall–Kier alpha value is -2.79. The predicted molar refractivity (Wildman–Crippen MR) is 106 cm³/mol. The van der Waals surface area contributed by atoms with Crippen LogP contribution in [0.1, 0.15) is 15.9 Å². The van der Waals surface area contributed by atoms with Crippen LogP contribution in [0.3, 0.4) is 0 Å². The number of rotatable bonds is 5. The van der Waals surface area contributed by atoms with E-state index < -0.39 is 27.7 Å². The van der Waals surface area contributed by atoms with E-state index in [-0.39, 0.29) is 42.4 Å². The molecule has 1 aliphatic heterocycles. The number of halogens is 3. The van der Waals surface area contributed by atoms with Crippen LogP contribution in [0.15, 0.2) is 47.4 Å². The zero-order valence-corrected chi connectivity index (χ0v) is 17.7. The van der Waals surface area contributed by atoms with E-state index in [0.29, 0.717) is 5.75 Å². The number of piperazine rings is 1. The third-order valence-corrected chi connectivity index (χ3v) is 6.89. The Balaban J connectivity index is 1.72. The van der Waals surface area contributed by atoms with Crippen LogP contribution in [-0.2, 0) is 16.2 Å². The Morgan fingerprint density at radius 3 is 2.06 bits per heavy atom. The number of sulfonamides is 1. The van der Waals surface area contributed by atoms with Crippen LogP contribution in [0.2, 0.25) is 0 Å². The highest BCUT2D eigenvalue weighted by Gasteiger charge is 2.33. The molecule has 11 heteroatoms. The summed E-state index contributed by atoms with van der Waals surface area (Å²) in [4.78, 5) is 14.0. The zero-order valence-electron chi connectivity index (χ0n) is 16.8. The summed E-state index contributed by atoms with van der Waals surface area (Å²) in [6, 6.07) is 8.39. The van der Waals surface area contributed by atoms with Crippen molar-refractivity contribution in [3.63, 3.8) is 0 Å². The normalized spacial score (nSPS) is 15.6. The molecule has 0 N–H and O–H groups in total. The number of alkyl halides is 3. The molecule has 2 aromatic carbocycles. The van der Waals surface area contributed by atoms with E-state index in [1.165, 1.54) is 35.6 Å². The maximum absolute atomic E-state index is 13.1. The molecule has 0 aromatic heterocycles. The van der Waals surface area contributed by atoms with E-state index in [1.807, 2.05) is 0 Å². The Kier molecular flexibility index (Phi) is 6.46. The first-order chi connectivity index (χ1) is 14.6. The van der Waals surface area contributed by atoms with E-state index in [9.17, 15) is 26.4 Å². The average molecular weight is 458 g/mol. The minimum atomic E-state index is -4.48. The zero-order chi connectivity index (χ0) is 22.8. The lowest BCUT2D eigenvalue weighted by atomic mass is 10.1. The second-order valence-electron chi connectivity index (χ2n) is 6.79. The van der Waals surface area contributed by atoms with Gasteiger partial charge in [-0.3, -0.25) is 4.79 Å². The Morgan fingerprint density at radius 2 is 1.55 bits per heavy atom. The molecule has 0 unspecified atom stereocenters. The third kappa shape index (κ3) is 4.77. The van der Waals surface area contributed by atoms with Gasteiger partial charge in [0.1, 0.15) is 16.4 Å². The highest BCUT2D eigenvalue weighted by molar-refractivity contribution is 7.89. The quantitative estimate of drug-likeness (QED) is 0.689. The molecule has 0 aliphatic carbocycles. The van der Waals surface area contributed by atoms with Gasteiger partial charge in [0.2, 0.25) is 10.0 Å². The molecule has 0 radical (unpaired) electrons. The summed E-state index contributed by atoms with van der Waals surface area (Å²) in [6.07, 6.45) is -4.48. The summed E-state index contributed by atoms with van der Waals surface area (Å²) in [5, 5.41) is 0. The molecule has 0 spiro atoms. The van der Waals surface area contributed by atoms with Crippen LogP contribution in [0.25, 0.3) is 0 Å². The molecule has 1 fully saturated rings. The van der Waals surface area contributed by atoms with Gasteiger partial charge in [0, 0.05) is 37.8 Å². The molecule has 3 rings (SSSR count). The summed E-state index contributed by atoms with van der Waals surface area (Å²) in [5.41, 5.74) is -0.731. The maximum atomic E-state index is 13.1. The van der Waals surface area contributed by atoms with Gasteiger partial charge in [-0.05, 0) is 36.4 Å². The van der Waals surface area contributed by atoms with E-state index in [4.69, 9.17) is 9.47 Å². The van der Waals surface area contributed by atoms with Crippen molar-refractivity contribution in [1.29, 1.82) is 0 Å². The molecule has 1 saturated heterocycles. The van der Waals surface area contributed by atoms with Crippen molar-refractivity contribution in [1.82, 2.24) is 9.21 Å². The summed E-state index contributed by atoms with van der Waals surface area (Å²) in [7, 11) is -1.12. The van der Waals surface area contributed by atoms with Gasteiger partial charge in [-0.15, -0.1) is 0 Å². The lowest BCUT2D eigenvalue weighted by Gasteiger charge is -2.34. The van der Waals surface area contributed by atoms with Gasteiger partial charge in [0.15, 0.2) is 0 Å². The first-order valence-corrected chi connectivity index (χ1v) is 10.7. The first-order valence-electron chi connectivity index (χ1n) is 9.26. The monoisotopic (exact) mass is 458 g/mol. The molecule has 1 heterocycles. The molecule has 1 amide bonds. The summed E-state index contributed by atoms with van der Waals surface area (Å²) in [6.45, 7) is 0.279. The van der Waals surface area contributed by atoms with E-state index in [1.54, 1.807) is 6.07 Å². The number of carbonyl (C=O) groups excluding carboxylic acids is 1. The standard InChI is InChI=1S/C20H21F3N2O5S/c1-29-16-7-8-17(30-2)18(13-16)31(27,28)25-11-9-24(10-12-25)19(26)14-3-5-15(6-4-14)20(21,22)23/h3-8,13H,9-12H2,1-2H3. The summed E-state index contributed by atoms with van der Waals surface area (Å²) < 4.78 is 75.8. The number of nitrogens with zero attached hydrogens (tertiary/aromatic N) is 2. The molecule has 31 heavy (non-hydrogen) atoms. The number of benzene rings is 2. The SMILES string of the molecule is COc1ccc(OC)c(S(=O)(=O)N2CCN(C(=O)c3ccc(C(F)(F)F)cc3)CC2)c1. The maximum Gasteiger partial charge on any atom is 0.416 e. The highest BCUT2D eigenvalue weighted by Crippen LogP contribution is 2.32. The molecule has 168 valence electrons. The minimum Gasteiger partial charge on any atom is -0.497 e. The summed E-state index contributed by atoms with van der Waals surface area (Å²) in [5.74, 6) is 0.0734. The number of methoxy groups -OCH3 is 2. The van der Waals surface area contributed by atoms with Crippen molar-refractivity contribution in [2.45, 2.75) is 11.1 Å². The van der Waals surface area contributed by atoms with Gasteiger partial charge >= 0.3 is 6.18 Å². The van der Waals surface area contributed by atoms with Gasteiger partial charge in [0.25, 0.3) is 5.91 Å². The fourth-order valence-corrected chi connectivity index (χ4v) is 4.83. The number of hydrogen-bond acceptors (Lipinski definition) is 5. The number of carbonyl (C=O) groups is 1. The smallest absolute Gasteiger partial charge is 0.416 e. The first kappa shape index (κ1) is 22.9. The van der Waals surface area contributed by atoms with Gasteiger partial charge in [-0.2, -0.15) is 17.5 Å². The Labute approximate surface area is 178 Å². The fraction of sp³-hybridized carbons (Fsp3) is 0.350. The molecule has 7 nitrogen and oxygen atoms in total. The average Bonchev–Trinajstić information content (AvgIpc) is 2.77. The molecular formula is C20H21F3N2O5S. The van der Waals surface area contributed by atoms with Gasteiger partial charge in [-0.25, -0.2) is 8.42 Å². The second-order valence-corrected chi connectivity index (χ2v) is 8.69. The van der Waals surface area contributed by atoms with E-state index >= 15 is 0 Å². The number of ether oxygens (including phenoxy) is 2. The van der Waals surface area contributed by atoms with Crippen molar-refractivity contribution < 1.29 is 35.9 Å². The Bertz CT molecular complexity index is 1050. The molecule has 2 aromatic rings. The lowest BCUT2D eigenvalue weighted by molar-refractivity contribution is -0.137. The van der Waals surface area contributed by atoms with Gasteiger partial charge in [0.05, 0.1) is 19.8 Å². The van der Waals surface area contributed by atoms with E-state index in [0.717, 1.165) is 24.3 Å². The highest BCUT2D eigenvalue weighted by atomic mass is 32.2. The minimum absolute atomic E-state index is 0.0368. The van der Waals surface area contributed by atoms with Crippen molar-refractivity contribution in [2.75, 3.05) is 40.4 Å². The Morgan fingerprint density at radius 1 is 0.935 bits per heavy atom. The van der Waals surface area contributed by atoms with Crippen molar-refractivity contribution in [2.24, 2.45) is 0 Å². The number of amides is 1. The van der Waals surface area contributed by atoms with Crippen LogP contribution >= 0.6 is 0 Å². The second kappa shape index (κ2) is 8.75. The van der Waals surface area contributed by atoms with E-state index in [2.05, 4.69) is 0 Å². The van der Waals surface area contributed by atoms with Crippen LogP contribution in [0.4, 0.5) is 13.2 Å². The van der Waals surface area contributed by atoms with Crippen molar-refractivity contribution in [3.05, 3.63) is 53.6 Å². The lowest BCUT2D eigenvalue weighted by Crippen LogP contribution is -2.50. The molecule has 0 atom stereocenters. The van der Waals surface area contributed by atoms with Crippen LogP contribution in [0.5, 0.6) is 11.5 Å². The van der Waals surface area contributed by atoms with Crippen molar-refractivity contribution >= 4 is 15.9 Å². The molecule has 0 saturated carbocycles. The molecule has 0 bridgehead atoms. The summed E-state index contributed by atoms with van der Waals surface area (Å²) >= 11 is 0. The van der Waals surface area contributed by atoms with Crippen molar-refractivity contribution in [3.8, 4) is 11.5 Å². The number of hydrogen-bond donors (Lipinski definition) is 0. The van der Waals surface area contributed by atoms with Gasteiger partial charge < -0.3 is 14.4 Å². The molecular weight excluding hydrogens is 437 g/mol. The molecule has 1 aliphatic rings. The van der Waals surface area contributed by atoms with Gasteiger partial charge in [-0.1, -0.05) is 0 Å². The third-order valence-electron chi connectivity index (χ3n) is 4.97. The van der Waals surface area contributed by atoms with Crippen LogP contribution in [-0.4, -0.2) is 63.9 Å². The fourth-order valence-electron chi connectivity index (χ4n) is 3.24. The van der Waals surface area contributed by atoms with Crippen LogP contribution < -0.4 is 9.47 Å². The van der Waals surface area contributed by atoms with Crippen LogP contribution in [0, 0.1) is 0 Å². The topological polar surface area (TPSA) is 76.2 Å².